The summed E-state index contributed by atoms with van der Waals surface area (Å²) in [7, 11) is 0. The van der Waals surface area contributed by atoms with E-state index in [1.165, 1.54) is 39.5 Å². The van der Waals surface area contributed by atoms with Crippen LogP contribution in [0.3, 0.4) is 0 Å². The lowest BCUT2D eigenvalue weighted by Crippen LogP contribution is -2.54. The molecule has 0 saturated heterocycles. The van der Waals surface area contributed by atoms with Crippen molar-refractivity contribution in [2.75, 3.05) is 13.2 Å². The molecule has 0 aliphatic rings. The zero-order chi connectivity index (χ0) is 34.1. The van der Waals surface area contributed by atoms with E-state index in [2.05, 4.69) is 0 Å². The van der Waals surface area contributed by atoms with Gasteiger partial charge in [0, 0.05) is 26.3 Å². The van der Waals surface area contributed by atoms with Gasteiger partial charge in [0.2, 0.25) is 0 Å². The second kappa shape index (κ2) is 16.1. The van der Waals surface area contributed by atoms with Crippen molar-refractivity contribution >= 4 is 35.8 Å². The Hall–Kier alpha value is -4.16. The lowest BCUT2D eigenvalue weighted by atomic mass is 10.0. The van der Waals surface area contributed by atoms with Gasteiger partial charge in [-0.05, 0) is 85.1 Å². The SMILES string of the molecule is CC(=O)OC(C)C(=O)Oc1c(C)cc(OCC(CN(C(=O)C(C)OC(C)=O)C(C)(C)C)OC(=O)C(C)OC(C)=O)c(C)c1C. The van der Waals surface area contributed by atoms with Crippen molar-refractivity contribution < 1.29 is 57.2 Å². The van der Waals surface area contributed by atoms with Crippen LogP contribution < -0.4 is 9.47 Å². The van der Waals surface area contributed by atoms with Crippen LogP contribution in [0.5, 0.6) is 11.5 Å². The molecule has 13 heteroatoms. The van der Waals surface area contributed by atoms with Gasteiger partial charge in [-0.1, -0.05) is 0 Å². The largest absolute Gasteiger partial charge is 0.489 e. The van der Waals surface area contributed by atoms with E-state index in [0.29, 0.717) is 22.4 Å². The molecule has 0 spiro atoms. The second-order valence-electron chi connectivity index (χ2n) is 11.4. The molecule has 4 atom stereocenters. The highest BCUT2D eigenvalue weighted by Crippen LogP contribution is 2.34. The summed E-state index contributed by atoms with van der Waals surface area (Å²) in [6.45, 7) is 17.9. The molecule has 4 unspecified atom stereocenters. The fourth-order valence-corrected chi connectivity index (χ4v) is 4.09. The van der Waals surface area contributed by atoms with E-state index in [9.17, 15) is 28.8 Å². The fourth-order valence-electron chi connectivity index (χ4n) is 4.09. The molecule has 1 aromatic carbocycles. The Labute approximate surface area is 258 Å². The number of carbonyl (C=O) groups is 6. The Morgan fingerprint density at radius 2 is 1.20 bits per heavy atom. The van der Waals surface area contributed by atoms with Gasteiger partial charge >= 0.3 is 29.8 Å². The summed E-state index contributed by atoms with van der Waals surface area (Å²) in [5, 5.41) is 0. The van der Waals surface area contributed by atoms with Crippen molar-refractivity contribution in [3.8, 4) is 11.5 Å². The summed E-state index contributed by atoms with van der Waals surface area (Å²) in [5.41, 5.74) is 0.964. The highest BCUT2D eigenvalue weighted by Gasteiger charge is 2.35. The monoisotopic (exact) mass is 623 g/mol. The van der Waals surface area contributed by atoms with E-state index >= 15 is 0 Å². The molecule has 1 amide bonds. The van der Waals surface area contributed by atoms with Crippen LogP contribution in [0, 0.1) is 20.8 Å². The normalized spacial score (nSPS) is 13.8. The first-order valence-corrected chi connectivity index (χ1v) is 14.1. The maximum absolute atomic E-state index is 13.3. The summed E-state index contributed by atoms with van der Waals surface area (Å²) in [4.78, 5) is 74.1. The first kappa shape index (κ1) is 37.9. The third-order valence-corrected chi connectivity index (χ3v) is 6.39. The van der Waals surface area contributed by atoms with Crippen LogP contribution in [-0.4, -0.2) is 83.8 Å². The number of nitrogens with zero attached hydrogens (tertiary/aromatic N) is 1. The van der Waals surface area contributed by atoms with Gasteiger partial charge in [0.15, 0.2) is 24.4 Å². The van der Waals surface area contributed by atoms with Gasteiger partial charge in [0.1, 0.15) is 18.1 Å². The van der Waals surface area contributed by atoms with Crippen LogP contribution in [0.15, 0.2) is 6.07 Å². The van der Waals surface area contributed by atoms with Crippen LogP contribution in [0.4, 0.5) is 0 Å². The number of carbonyl (C=O) groups excluding carboxylic acids is 6. The Morgan fingerprint density at radius 1 is 0.727 bits per heavy atom. The molecule has 1 aromatic rings. The first-order valence-electron chi connectivity index (χ1n) is 14.1. The van der Waals surface area contributed by atoms with Crippen LogP contribution in [0.25, 0.3) is 0 Å². The fraction of sp³-hybridized carbons (Fsp3) is 0.613. The average Bonchev–Trinajstić information content (AvgIpc) is 2.87. The zero-order valence-electron chi connectivity index (χ0n) is 27.6. The van der Waals surface area contributed by atoms with Crippen molar-refractivity contribution in [3.05, 3.63) is 22.8 Å². The zero-order valence-corrected chi connectivity index (χ0v) is 27.6. The predicted octanol–water partition coefficient (Wildman–Crippen LogP) is 3.29. The number of amides is 1. The van der Waals surface area contributed by atoms with E-state index in [4.69, 9.17) is 28.4 Å². The lowest BCUT2D eigenvalue weighted by molar-refractivity contribution is -0.173. The van der Waals surface area contributed by atoms with Crippen LogP contribution >= 0.6 is 0 Å². The quantitative estimate of drug-likeness (QED) is 0.179. The molecule has 0 bridgehead atoms. The van der Waals surface area contributed by atoms with Gasteiger partial charge in [-0.15, -0.1) is 0 Å². The van der Waals surface area contributed by atoms with Crippen molar-refractivity contribution in [1.82, 2.24) is 4.90 Å². The third kappa shape index (κ3) is 11.5. The van der Waals surface area contributed by atoms with Crippen molar-refractivity contribution in [3.63, 3.8) is 0 Å². The standard InChI is InChI=1S/C31H45NO12/c1-16-13-26(17(2)18(3)27(16)44-30(38)21(6)42-24(9)35)39-15-25(43-29(37)20(5)41-23(8)34)14-32(31(10,11)12)28(36)19(4)40-22(7)33/h13,19-21,25H,14-15H2,1-12H3. The number of rotatable bonds is 13. The average molecular weight is 624 g/mol. The van der Waals surface area contributed by atoms with E-state index < -0.39 is 65.7 Å². The minimum absolute atomic E-state index is 0.146. The van der Waals surface area contributed by atoms with E-state index in [1.54, 1.807) is 47.6 Å². The number of hydrogen-bond donors (Lipinski definition) is 0. The summed E-state index contributed by atoms with van der Waals surface area (Å²) < 4.78 is 32.2. The molecule has 13 nitrogen and oxygen atoms in total. The summed E-state index contributed by atoms with van der Waals surface area (Å²) >= 11 is 0. The Balaban J connectivity index is 3.35. The Bertz CT molecular complexity index is 1250. The molecule has 246 valence electrons. The van der Waals surface area contributed by atoms with Crippen molar-refractivity contribution in [2.24, 2.45) is 0 Å². The molecular formula is C31H45NO12. The second-order valence-corrected chi connectivity index (χ2v) is 11.4. The lowest BCUT2D eigenvalue weighted by Gasteiger charge is -2.39. The van der Waals surface area contributed by atoms with Gasteiger partial charge in [-0.25, -0.2) is 9.59 Å². The van der Waals surface area contributed by atoms with Gasteiger partial charge in [0.25, 0.3) is 5.91 Å². The van der Waals surface area contributed by atoms with Gasteiger partial charge < -0.3 is 33.3 Å². The van der Waals surface area contributed by atoms with Crippen LogP contribution in [-0.2, 0) is 47.7 Å². The molecule has 0 N–H and O–H groups in total. The number of aryl methyl sites for hydroxylation is 1. The number of hydrogen-bond acceptors (Lipinski definition) is 12. The third-order valence-electron chi connectivity index (χ3n) is 6.39. The minimum Gasteiger partial charge on any atom is -0.489 e. The maximum Gasteiger partial charge on any atom is 0.352 e. The topological polar surface area (TPSA) is 161 Å². The van der Waals surface area contributed by atoms with Gasteiger partial charge in [-0.3, -0.25) is 19.2 Å². The van der Waals surface area contributed by atoms with Crippen LogP contribution in [0.1, 0.15) is 79.0 Å². The maximum atomic E-state index is 13.3. The molecule has 44 heavy (non-hydrogen) atoms. The molecule has 0 saturated carbocycles. The van der Waals surface area contributed by atoms with Crippen LogP contribution in [0.2, 0.25) is 0 Å². The minimum atomic E-state index is -1.22. The molecule has 0 aromatic heterocycles. The summed E-state index contributed by atoms with van der Waals surface area (Å²) in [6, 6.07) is 1.64. The molecule has 1 rings (SSSR count). The molecule has 0 radical (unpaired) electrons. The van der Waals surface area contributed by atoms with E-state index in [1.807, 2.05) is 0 Å². The molecular weight excluding hydrogens is 578 g/mol. The smallest absolute Gasteiger partial charge is 0.352 e. The number of benzene rings is 1. The van der Waals surface area contributed by atoms with E-state index in [0.717, 1.165) is 6.92 Å². The highest BCUT2D eigenvalue weighted by atomic mass is 16.6. The molecule has 0 aliphatic carbocycles. The van der Waals surface area contributed by atoms with E-state index in [-0.39, 0.29) is 18.9 Å². The summed E-state index contributed by atoms with van der Waals surface area (Å²) in [6.07, 6.45) is -4.47. The Kier molecular flexibility index (Phi) is 13.8. The highest BCUT2D eigenvalue weighted by molar-refractivity contribution is 5.84. The Morgan fingerprint density at radius 3 is 1.68 bits per heavy atom. The number of ether oxygens (including phenoxy) is 6. The number of esters is 5. The van der Waals surface area contributed by atoms with Crippen molar-refractivity contribution in [2.45, 2.75) is 113 Å². The van der Waals surface area contributed by atoms with Gasteiger partial charge in [-0.2, -0.15) is 0 Å². The molecule has 0 fully saturated rings. The first-order chi connectivity index (χ1) is 20.1. The molecule has 0 aliphatic heterocycles. The molecule has 0 heterocycles. The predicted molar refractivity (Wildman–Crippen MR) is 157 cm³/mol. The summed E-state index contributed by atoms with van der Waals surface area (Å²) in [5.74, 6) is -3.36. The van der Waals surface area contributed by atoms with Gasteiger partial charge in [0.05, 0.1) is 6.54 Å². The van der Waals surface area contributed by atoms with Crippen molar-refractivity contribution in [1.29, 1.82) is 0 Å².